The molecule has 3 heteroatoms. The first-order valence-corrected chi connectivity index (χ1v) is 6.23. The van der Waals surface area contributed by atoms with Crippen LogP contribution in [0.5, 0.6) is 0 Å². The van der Waals surface area contributed by atoms with E-state index in [1.807, 2.05) is 37.3 Å². The molecule has 0 aromatic heterocycles. The lowest BCUT2D eigenvalue weighted by Gasteiger charge is -2.01. The van der Waals surface area contributed by atoms with Gasteiger partial charge in [0.1, 0.15) is 0 Å². The van der Waals surface area contributed by atoms with Crippen LogP contribution in [0.2, 0.25) is 0 Å². The van der Waals surface area contributed by atoms with Crippen molar-refractivity contribution in [2.45, 2.75) is 19.8 Å². The largest absolute Gasteiger partial charge is 0.466 e. The second kappa shape index (κ2) is 9.26. The van der Waals surface area contributed by atoms with E-state index in [2.05, 4.69) is 17.2 Å². The van der Waals surface area contributed by atoms with E-state index in [9.17, 15) is 4.79 Å². The average Bonchev–Trinajstić information content (AvgIpc) is 2.39. The van der Waals surface area contributed by atoms with E-state index >= 15 is 0 Å². The molecule has 0 saturated carbocycles. The van der Waals surface area contributed by atoms with Crippen LogP contribution in [-0.2, 0) is 9.53 Å². The van der Waals surface area contributed by atoms with Crippen molar-refractivity contribution in [3.63, 3.8) is 0 Å². The lowest BCUT2D eigenvalue weighted by atomic mass is 10.2. The maximum absolute atomic E-state index is 11.0. The van der Waals surface area contributed by atoms with Gasteiger partial charge in [-0.1, -0.05) is 30.0 Å². The molecule has 18 heavy (non-hydrogen) atoms. The maximum atomic E-state index is 11.0. The van der Waals surface area contributed by atoms with E-state index < -0.39 is 0 Å². The predicted molar refractivity (Wildman–Crippen MR) is 72.1 cm³/mol. The Morgan fingerprint density at radius 3 is 2.83 bits per heavy atom. The summed E-state index contributed by atoms with van der Waals surface area (Å²) in [6.07, 6.45) is 1.25. The molecule has 0 aliphatic heterocycles. The molecular formula is C15H19NO2. The van der Waals surface area contributed by atoms with Gasteiger partial charge in [0.05, 0.1) is 13.2 Å². The van der Waals surface area contributed by atoms with Crippen molar-refractivity contribution in [3.8, 4) is 11.8 Å². The summed E-state index contributed by atoms with van der Waals surface area (Å²) in [6, 6.07) is 9.87. The minimum atomic E-state index is -0.130. The molecule has 0 radical (unpaired) electrons. The highest BCUT2D eigenvalue weighted by Gasteiger charge is 1.99. The van der Waals surface area contributed by atoms with Crippen molar-refractivity contribution in [3.05, 3.63) is 35.9 Å². The van der Waals surface area contributed by atoms with E-state index in [4.69, 9.17) is 4.74 Å². The maximum Gasteiger partial charge on any atom is 0.305 e. The average molecular weight is 245 g/mol. The van der Waals surface area contributed by atoms with Gasteiger partial charge in [-0.15, -0.1) is 0 Å². The van der Waals surface area contributed by atoms with Crippen molar-refractivity contribution in [2.24, 2.45) is 0 Å². The second-order valence-corrected chi connectivity index (χ2v) is 3.75. The van der Waals surface area contributed by atoms with Gasteiger partial charge in [0, 0.05) is 12.0 Å². The van der Waals surface area contributed by atoms with Gasteiger partial charge >= 0.3 is 5.97 Å². The number of ether oxygens (including phenoxy) is 1. The van der Waals surface area contributed by atoms with Crippen LogP contribution in [0.25, 0.3) is 0 Å². The fourth-order valence-corrected chi connectivity index (χ4v) is 1.41. The third kappa shape index (κ3) is 6.72. The Morgan fingerprint density at radius 2 is 2.11 bits per heavy atom. The summed E-state index contributed by atoms with van der Waals surface area (Å²) in [4.78, 5) is 11.0. The minimum Gasteiger partial charge on any atom is -0.466 e. The second-order valence-electron chi connectivity index (χ2n) is 3.75. The lowest BCUT2D eigenvalue weighted by molar-refractivity contribution is -0.143. The number of benzene rings is 1. The van der Waals surface area contributed by atoms with Crippen LogP contribution < -0.4 is 5.32 Å². The molecule has 0 fully saturated rings. The molecule has 3 nitrogen and oxygen atoms in total. The SMILES string of the molecule is CCOC(=O)CCCNCC#Cc1ccccc1. The van der Waals surface area contributed by atoms with Crippen LogP contribution >= 0.6 is 0 Å². The molecule has 96 valence electrons. The summed E-state index contributed by atoms with van der Waals surface area (Å²) >= 11 is 0. The highest BCUT2D eigenvalue weighted by atomic mass is 16.5. The van der Waals surface area contributed by atoms with Crippen LogP contribution in [0, 0.1) is 11.8 Å². The Morgan fingerprint density at radius 1 is 1.33 bits per heavy atom. The first-order valence-electron chi connectivity index (χ1n) is 6.23. The van der Waals surface area contributed by atoms with E-state index in [-0.39, 0.29) is 5.97 Å². The van der Waals surface area contributed by atoms with Gasteiger partial charge in [-0.2, -0.15) is 0 Å². The Hall–Kier alpha value is -1.79. The van der Waals surface area contributed by atoms with E-state index in [0.717, 1.165) is 18.5 Å². The molecule has 0 aliphatic rings. The minimum absolute atomic E-state index is 0.130. The molecule has 0 spiro atoms. The van der Waals surface area contributed by atoms with Crippen LogP contribution in [0.4, 0.5) is 0 Å². The Kier molecular flexibility index (Phi) is 7.34. The summed E-state index contributed by atoms with van der Waals surface area (Å²) in [5.74, 6) is 5.97. The van der Waals surface area contributed by atoms with Crippen LogP contribution in [0.1, 0.15) is 25.3 Å². The van der Waals surface area contributed by atoms with Crippen LogP contribution in [-0.4, -0.2) is 25.7 Å². The van der Waals surface area contributed by atoms with Gasteiger partial charge in [0.25, 0.3) is 0 Å². The zero-order chi connectivity index (χ0) is 13.1. The van der Waals surface area contributed by atoms with Gasteiger partial charge in [-0.3, -0.25) is 4.79 Å². The van der Waals surface area contributed by atoms with E-state index in [1.54, 1.807) is 0 Å². The topological polar surface area (TPSA) is 38.3 Å². The Balaban J connectivity index is 2.06. The number of carbonyl (C=O) groups excluding carboxylic acids is 1. The van der Waals surface area contributed by atoms with Crippen molar-refractivity contribution in [1.82, 2.24) is 5.32 Å². The third-order valence-corrected chi connectivity index (χ3v) is 2.26. The standard InChI is InChI=1S/C15H19NO2/c1-2-18-15(17)11-7-13-16-12-6-10-14-8-4-3-5-9-14/h3-5,8-9,16H,2,7,11-13H2,1H3. The molecule has 0 bridgehead atoms. The number of carbonyl (C=O) groups is 1. The molecular weight excluding hydrogens is 226 g/mol. The summed E-state index contributed by atoms with van der Waals surface area (Å²) in [6.45, 7) is 3.68. The number of hydrogen-bond donors (Lipinski definition) is 1. The van der Waals surface area contributed by atoms with Gasteiger partial charge < -0.3 is 10.1 Å². The van der Waals surface area contributed by atoms with Crippen molar-refractivity contribution < 1.29 is 9.53 Å². The summed E-state index contributed by atoms with van der Waals surface area (Å²) in [5, 5.41) is 3.17. The molecule has 1 rings (SSSR count). The smallest absolute Gasteiger partial charge is 0.305 e. The number of nitrogens with one attached hydrogen (secondary N) is 1. The molecule has 0 unspecified atom stereocenters. The fourth-order valence-electron chi connectivity index (χ4n) is 1.41. The third-order valence-electron chi connectivity index (χ3n) is 2.26. The fraction of sp³-hybridized carbons (Fsp3) is 0.400. The monoisotopic (exact) mass is 245 g/mol. The first kappa shape index (κ1) is 14.3. The molecule has 1 N–H and O–H groups in total. The van der Waals surface area contributed by atoms with Crippen molar-refractivity contribution >= 4 is 5.97 Å². The zero-order valence-electron chi connectivity index (χ0n) is 10.7. The first-order chi connectivity index (χ1) is 8.83. The zero-order valence-corrected chi connectivity index (χ0v) is 10.7. The molecule has 1 aromatic rings. The normalized spacial score (nSPS) is 9.39. The lowest BCUT2D eigenvalue weighted by Crippen LogP contribution is -2.17. The van der Waals surface area contributed by atoms with Gasteiger partial charge in [-0.25, -0.2) is 0 Å². The molecule has 0 heterocycles. The predicted octanol–water partition coefficient (Wildman–Crippen LogP) is 1.97. The van der Waals surface area contributed by atoms with Crippen LogP contribution in [0.3, 0.4) is 0 Å². The molecule has 0 amide bonds. The highest BCUT2D eigenvalue weighted by molar-refractivity contribution is 5.69. The van der Waals surface area contributed by atoms with Crippen molar-refractivity contribution in [2.75, 3.05) is 19.7 Å². The van der Waals surface area contributed by atoms with Crippen LogP contribution in [0.15, 0.2) is 30.3 Å². The number of rotatable bonds is 6. The summed E-state index contributed by atoms with van der Waals surface area (Å²) in [7, 11) is 0. The molecule has 0 atom stereocenters. The van der Waals surface area contributed by atoms with Gasteiger partial charge in [0.15, 0.2) is 0 Å². The number of esters is 1. The number of hydrogen-bond acceptors (Lipinski definition) is 3. The summed E-state index contributed by atoms with van der Waals surface area (Å²) in [5.41, 5.74) is 1.02. The Bertz CT molecular complexity index is 403. The Labute approximate surface area is 109 Å². The highest BCUT2D eigenvalue weighted by Crippen LogP contribution is 1.94. The summed E-state index contributed by atoms with van der Waals surface area (Å²) < 4.78 is 4.83. The van der Waals surface area contributed by atoms with Gasteiger partial charge in [0.2, 0.25) is 0 Å². The molecule has 0 saturated heterocycles. The van der Waals surface area contributed by atoms with Gasteiger partial charge in [-0.05, 0) is 32.0 Å². The molecule has 1 aromatic carbocycles. The quantitative estimate of drug-likeness (QED) is 0.473. The molecule has 0 aliphatic carbocycles. The van der Waals surface area contributed by atoms with E-state index in [0.29, 0.717) is 19.6 Å². The van der Waals surface area contributed by atoms with Crippen molar-refractivity contribution in [1.29, 1.82) is 0 Å². The van der Waals surface area contributed by atoms with E-state index in [1.165, 1.54) is 0 Å².